The van der Waals surface area contributed by atoms with Gasteiger partial charge in [-0.25, -0.2) is 0 Å². The van der Waals surface area contributed by atoms with Crippen LogP contribution in [0.1, 0.15) is 26.7 Å². The molecule has 0 fully saturated rings. The predicted octanol–water partition coefficient (Wildman–Crippen LogP) is 2.33. The summed E-state index contributed by atoms with van der Waals surface area (Å²) in [5.41, 5.74) is 5.50. The standard InChI is InChI=1S/C8H15N3S/c1-3-6(4-2)10-8-5-7(9)11-12-8/h5-6,10H,3-4H2,1-2H3,(H2,9,11). The number of rotatable bonds is 4. The molecule has 0 atom stereocenters. The molecule has 0 aliphatic carbocycles. The third-order valence-corrected chi connectivity index (χ3v) is 2.59. The first-order valence-corrected chi connectivity index (χ1v) is 5.02. The Bertz CT molecular complexity index is 230. The Morgan fingerprint density at radius 2 is 2.25 bits per heavy atom. The molecule has 0 saturated carbocycles. The van der Waals surface area contributed by atoms with Crippen LogP contribution in [0.5, 0.6) is 0 Å². The fourth-order valence-corrected chi connectivity index (χ4v) is 1.70. The molecule has 0 spiro atoms. The zero-order chi connectivity index (χ0) is 8.97. The van der Waals surface area contributed by atoms with E-state index in [2.05, 4.69) is 23.5 Å². The summed E-state index contributed by atoms with van der Waals surface area (Å²) in [4.78, 5) is 0. The molecule has 0 amide bonds. The molecule has 1 aromatic rings. The molecule has 4 heteroatoms. The van der Waals surface area contributed by atoms with E-state index < -0.39 is 0 Å². The van der Waals surface area contributed by atoms with Crippen LogP contribution in [0.4, 0.5) is 10.8 Å². The molecule has 0 bridgehead atoms. The van der Waals surface area contributed by atoms with Gasteiger partial charge in [-0.1, -0.05) is 13.8 Å². The molecular weight excluding hydrogens is 170 g/mol. The van der Waals surface area contributed by atoms with E-state index in [0.29, 0.717) is 11.9 Å². The highest BCUT2D eigenvalue weighted by Crippen LogP contribution is 2.19. The van der Waals surface area contributed by atoms with Gasteiger partial charge in [0.25, 0.3) is 0 Å². The van der Waals surface area contributed by atoms with Gasteiger partial charge in [-0.3, -0.25) is 0 Å². The molecule has 0 saturated heterocycles. The summed E-state index contributed by atoms with van der Waals surface area (Å²) >= 11 is 1.42. The first kappa shape index (κ1) is 9.32. The number of nitrogens with zero attached hydrogens (tertiary/aromatic N) is 1. The SMILES string of the molecule is CCC(CC)Nc1cc(N)ns1. The largest absolute Gasteiger partial charge is 0.383 e. The highest BCUT2D eigenvalue weighted by molar-refractivity contribution is 7.10. The normalized spacial score (nSPS) is 10.6. The Kier molecular flexibility index (Phi) is 3.34. The van der Waals surface area contributed by atoms with Crippen LogP contribution >= 0.6 is 11.5 Å². The van der Waals surface area contributed by atoms with Gasteiger partial charge in [-0.15, -0.1) is 0 Å². The number of nitrogens with two attached hydrogens (primary N) is 1. The highest BCUT2D eigenvalue weighted by atomic mass is 32.1. The first-order chi connectivity index (χ1) is 5.76. The molecule has 3 nitrogen and oxygen atoms in total. The van der Waals surface area contributed by atoms with Crippen LogP contribution in [0.3, 0.4) is 0 Å². The topological polar surface area (TPSA) is 50.9 Å². The van der Waals surface area contributed by atoms with Crippen LogP contribution in [0.2, 0.25) is 0 Å². The third kappa shape index (κ3) is 2.37. The maximum atomic E-state index is 5.50. The van der Waals surface area contributed by atoms with Crippen molar-refractivity contribution in [3.8, 4) is 0 Å². The van der Waals surface area contributed by atoms with Gasteiger partial charge in [0.1, 0.15) is 10.8 Å². The number of anilines is 2. The van der Waals surface area contributed by atoms with Crippen LogP contribution < -0.4 is 11.1 Å². The van der Waals surface area contributed by atoms with Crippen molar-refractivity contribution in [2.75, 3.05) is 11.1 Å². The van der Waals surface area contributed by atoms with Crippen molar-refractivity contribution in [3.63, 3.8) is 0 Å². The lowest BCUT2D eigenvalue weighted by atomic mass is 10.2. The van der Waals surface area contributed by atoms with E-state index in [9.17, 15) is 0 Å². The maximum Gasteiger partial charge on any atom is 0.139 e. The molecule has 0 radical (unpaired) electrons. The average Bonchev–Trinajstić information content (AvgIpc) is 2.47. The summed E-state index contributed by atoms with van der Waals surface area (Å²) in [6.45, 7) is 4.34. The summed E-state index contributed by atoms with van der Waals surface area (Å²) in [6, 6.07) is 2.42. The fourth-order valence-electron chi connectivity index (χ4n) is 1.05. The van der Waals surface area contributed by atoms with Crippen molar-refractivity contribution >= 4 is 22.4 Å². The Balaban J connectivity index is 2.50. The Labute approximate surface area is 77.1 Å². The number of nitrogens with one attached hydrogen (secondary N) is 1. The molecule has 0 aromatic carbocycles. The van der Waals surface area contributed by atoms with Gasteiger partial charge in [0.2, 0.25) is 0 Å². The van der Waals surface area contributed by atoms with Crippen molar-refractivity contribution < 1.29 is 0 Å². The Hall–Kier alpha value is -0.770. The fraction of sp³-hybridized carbons (Fsp3) is 0.625. The van der Waals surface area contributed by atoms with Gasteiger partial charge < -0.3 is 11.1 Å². The minimum Gasteiger partial charge on any atom is -0.383 e. The van der Waals surface area contributed by atoms with Gasteiger partial charge in [-0.05, 0) is 24.4 Å². The van der Waals surface area contributed by atoms with Crippen LogP contribution in [-0.4, -0.2) is 10.4 Å². The molecule has 68 valence electrons. The van der Waals surface area contributed by atoms with E-state index in [1.165, 1.54) is 11.5 Å². The number of nitrogen functional groups attached to an aromatic ring is 1. The van der Waals surface area contributed by atoms with Gasteiger partial charge >= 0.3 is 0 Å². The number of hydrogen-bond donors (Lipinski definition) is 2. The van der Waals surface area contributed by atoms with Gasteiger partial charge in [-0.2, -0.15) is 4.37 Å². The molecule has 0 aliphatic rings. The summed E-state index contributed by atoms with van der Waals surface area (Å²) in [6.07, 6.45) is 2.27. The van der Waals surface area contributed by atoms with E-state index >= 15 is 0 Å². The van der Waals surface area contributed by atoms with E-state index in [4.69, 9.17) is 5.73 Å². The second-order valence-electron chi connectivity index (χ2n) is 2.77. The molecular formula is C8H15N3S. The first-order valence-electron chi connectivity index (χ1n) is 4.25. The third-order valence-electron chi connectivity index (χ3n) is 1.86. The lowest BCUT2D eigenvalue weighted by Crippen LogP contribution is -2.15. The number of hydrogen-bond acceptors (Lipinski definition) is 4. The molecule has 3 N–H and O–H groups in total. The van der Waals surface area contributed by atoms with E-state index in [1.54, 1.807) is 0 Å². The zero-order valence-corrected chi connectivity index (χ0v) is 8.32. The molecule has 1 aromatic heterocycles. The lowest BCUT2D eigenvalue weighted by Gasteiger charge is -2.13. The smallest absolute Gasteiger partial charge is 0.139 e. The van der Waals surface area contributed by atoms with E-state index in [1.807, 2.05) is 6.07 Å². The molecule has 0 unspecified atom stereocenters. The minimum atomic E-state index is 0.546. The van der Waals surface area contributed by atoms with Crippen molar-refractivity contribution in [1.29, 1.82) is 0 Å². The molecule has 1 rings (SSSR count). The molecule has 1 heterocycles. The van der Waals surface area contributed by atoms with Crippen LogP contribution in [0.25, 0.3) is 0 Å². The Morgan fingerprint density at radius 3 is 2.67 bits per heavy atom. The van der Waals surface area contributed by atoms with E-state index in [-0.39, 0.29) is 0 Å². The van der Waals surface area contributed by atoms with Crippen molar-refractivity contribution in [2.45, 2.75) is 32.7 Å². The monoisotopic (exact) mass is 185 g/mol. The Morgan fingerprint density at radius 1 is 1.58 bits per heavy atom. The van der Waals surface area contributed by atoms with Gasteiger partial charge in [0.15, 0.2) is 0 Å². The lowest BCUT2D eigenvalue weighted by molar-refractivity contribution is 0.673. The maximum absolute atomic E-state index is 5.50. The highest BCUT2D eigenvalue weighted by Gasteiger charge is 2.04. The summed E-state index contributed by atoms with van der Waals surface area (Å²) < 4.78 is 4.00. The average molecular weight is 185 g/mol. The number of aromatic nitrogens is 1. The summed E-state index contributed by atoms with van der Waals surface area (Å²) in [5.74, 6) is 0.605. The van der Waals surface area contributed by atoms with Gasteiger partial charge in [0.05, 0.1) is 0 Å². The van der Waals surface area contributed by atoms with Crippen molar-refractivity contribution in [3.05, 3.63) is 6.07 Å². The second kappa shape index (κ2) is 4.30. The minimum absolute atomic E-state index is 0.546. The van der Waals surface area contributed by atoms with Crippen LogP contribution in [-0.2, 0) is 0 Å². The molecule has 0 aliphatic heterocycles. The van der Waals surface area contributed by atoms with Crippen LogP contribution in [0, 0.1) is 0 Å². The van der Waals surface area contributed by atoms with Gasteiger partial charge in [0, 0.05) is 12.1 Å². The van der Waals surface area contributed by atoms with Crippen molar-refractivity contribution in [1.82, 2.24) is 4.37 Å². The molecule has 12 heavy (non-hydrogen) atoms. The van der Waals surface area contributed by atoms with Crippen LogP contribution in [0.15, 0.2) is 6.07 Å². The quantitative estimate of drug-likeness (QED) is 0.757. The summed E-state index contributed by atoms with van der Waals surface area (Å²) in [5, 5.41) is 4.45. The predicted molar refractivity (Wildman–Crippen MR) is 54.5 cm³/mol. The van der Waals surface area contributed by atoms with E-state index in [0.717, 1.165) is 17.8 Å². The zero-order valence-electron chi connectivity index (χ0n) is 7.50. The van der Waals surface area contributed by atoms with Crippen molar-refractivity contribution in [2.24, 2.45) is 0 Å². The summed E-state index contributed by atoms with van der Waals surface area (Å²) in [7, 11) is 0. The second-order valence-corrected chi connectivity index (χ2v) is 3.58.